The summed E-state index contributed by atoms with van der Waals surface area (Å²) in [5.41, 5.74) is 0. The number of benzene rings is 4. The second kappa shape index (κ2) is 12.4. The lowest BCUT2D eigenvalue weighted by Crippen LogP contribution is -2.05. The molecule has 0 aliphatic carbocycles. The average molecular weight is 529 g/mol. The van der Waals surface area contributed by atoms with E-state index in [1.165, 1.54) is 14.7 Å². The maximum Gasteiger partial charge on any atom is 0.166 e. The van der Waals surface area contributed by atoms with E-state index in [-0.39, 0.29) is 10.9 Å². The van der Waals surface area contributed by atoms with Gasteiger partial charge in [-0.2, -0.15) is 0 Å². The predicted octanol–water partition coefficient (Wildman–Crippen LogP) is 5.54. The Morgan fingerprint density at radius 2 is 0.889 bits per heavy atom. The molecule has 0 amide bonds. The maximum atomic E-state index is 12.2. The lowest BCUT2D eigenvalue weighted by Gasteiger charge is -2.10. The summed E-state index contributed by atoms with van der Waals surface area (Å²) < 4.78 is 58.8. The molecule has 9 heteroatoms. The molecule has 0 aliphatic heterocycles. The molecule has 0 fully saturated rings. The van der Waals surface area contributed by atoms with Crippen molar-refractivity contribution in [3.63, 3.8) is 0 Å². The number of halogens is 1. The maximum absolute atomic E-state index is 12.2. The van der Waals surface area contributed by atoms with Gasteiger partial charge in [0.1, 0.15) is 33.2 Å². The zero-order chi connectivity index (χ0) is 26.1. The van der Waals surface area contributed by atoms with Crippen molar-refractivity contribution in [1.82, 2.24) is 0 Å². The van der Waals surface area contributed by atoms with Crippen LogP contribution in [-0.2, 0) is 21.0 Å². The van der Waals surface area contributed by atoms with Crippen LogP contribution in [0.5, 0.6) is 17.2 Å². The molecule has 0 aliphatic rings. The first-order valence-electron chi connectivity index (χ1n) is 10.6. The molecule has 0 spiro atoms. The lowest BCUT2D eigenvalue weighted by atomic mass is 10.3. The topological polar surface area (TPSA) is 84.9 Å². The summed E-state index contributed by atoms with van der Waals surface area (Å²) in [7, 11) is 0.398. The van der Waals surface area contributed by atoms with Crippen molar-refractivity contribution in [2.24, 2.45) is 0 Å². The molecule has 0 atom stereocenters. The van der Waals surface area contributed by atoms with Crippen LogP contribution >= 0.6 is 0 Å². The van der Waals surface area contributed by atoms with E-state index >= 15 is 0 Å². The summed E-state index contributed by atoms with van der Waals surface area (Å²) in [5.74, 6) is 2.00. The minimum atomic E-state index is -4.44. The first-order valence-corrected chi connectivity index (χ1v) is 13.3. The van der Waals surface area contributed by atoms with Gasteiger partial charge in [-0.15, -0.1) is 0 Å². The number of hydrogen-bond donors (Lipinski definition) is 0. The van der Waals surface area contributed by atoms with Gasteiger partial charge in [0.05, 0.1) is 37.1 Å². The molecule has 0 aromatic heterocycles. The van der Waals surface area contributed by atoms with Gasteiger partial charge in [-0.25, -0.2) is 12.8 Å². The molecule has 4 aromatic carbocycles. The highest BCUT2D eigenvalue weighted by atomic mass is 32.2. The molecule has 0 N–H and O–H groups in total. The van der Waals surface area contributed by atoms with Crippen molar-refractivity contribution in [3.05, 3.63) is 103 Å². The highest BCUT2D eigenvalue weighted by Crippen LogP contribution is 2.33. The second-order valence-corrected chi connectivity index (χ2v) is 10.6. The molecule has 0 saturated heterocycles. The van der Waals surface area contributed by atoms with Gasteiger partial charge >= 0.3 is 0 Å². The fourth-order valence-corrected chi connectivity index (χ4v) is 5.66. The van der Waals surface area contributed by atoms with Crippen LogP contribution in [0.15, 0.2) is 117 Å². The molecule has 4 aromatic rings. The molecule has 4 rings (SSSR count). The van der Waals surface area contributed by atoms with Gasteiger partial charge in [0, 0.05) is 0 Å². The smallest absolute Gasteiger partial charge is 0.166 e. The first-order chi connectivity index (χ1) is 17.2. The molecule has 6 nitrogen and oxygen atoms in total. The Hall–Kier alpha value is -3.53. The average Bonchev–Trinajstić information content (AvgIpc) is 2.90. The molecular formula is C27H25FO6S2. The van der Waals surface area contributed by atoms with Crippen LogP contribution in [0, 0.1) is 5.82 Å². The van der Waals surface area contributed by atoms with Crippen molar-refractivity contribution >= 4 is 21.0 Å². The van der Waals surface area contributed by atoms with Crippen LogP contribution in [0.25, 0.3) is 0 Å². The third-order valence-electron chi connectivity index (χ3n) is 4.99. The summed E-state index contributed by atoms with van der Waals surface area (Å²) in [5, 5.41) is 0. The van der Waals surface area contributed by atoms with Crippen molar-refractivity contribution in [2.75, 3.05) is 21.3 Å². The van der Waals surface area contributed by atoms with Crippen molar-refractivity contribution in [3.8, 4) is 17.2 Å². The Labute approximate surface area is 213 Å². The lowest BCUT2D eigenvalue weighted by molar-refractivity contribution is 0.414. The molecule has 0 radical (unpaired) electrons. The number of methoxy groups -OCH3 is 3. The molecule has 0 unspecified atom stereocenters. The van der Waals surface area contributed by atoms with Gasteiger partial charge < -0.3 is 18.8 Å². The molecule has 36 heavy (non-hydrogen) atoms. The predicted molar refractivity (Wildman–Crippen MR) is 136 cm³/mol. The summed E-state index contributed by atoms with van der Waals surface area (Å²) >= 11 is 0. The van der Waals surface area contributed by atoms with Gasteiger partial charge in [0.2, 0.25) is 0 Å². The SMILES string of the molecule is COc1ccc([S+](c2ccc(OC)cc2)c2ccc(OC)cc2)cc1.O=S(=O)([O-])c1ccc(F)cc1. The van der Waals surface area contributed by atoms with E-state index in [0.29, 0.717) is 0 Å². The van der Waals surface area contributed by atoms with E-state index in [2.05, 4.69) is 36.4 Å². The van der Waals surface area contributed by atoms with Gasteiger partial charge in [0.25, 0.3) is 0 Å². The van der Waals surface area contributed by atoms with Gasteiger partial charge in [-0.05, 0) is 97.1 Å². The van der Waals surface area contributed by atoms with E-state index in [1.807, 2.05) is 36.4 Å². The van der Waals surface area contributed by atoms with E-state index in [0.717, 1.165) is 41.5 Å². The Balaban J connectivity index is 0.000000275. The molecular weight excluding hydrogens is 503 g/mol. The minimum absolute atomic E-state index is 0.212. The van der Waals surface area contributed by atoms with Crippen LogP contribution in [-0.4, -0.2) is 34.3 Å². The van der Waals surface area contributed by atoms with Crippen molar-refractivity contribution in [2.45, 2.75) is 19.6 Å². The fraction of sp³-hybridized carbons (Fsp3) is 0.111. The Kier molecular flexibility index (Phi) is 9.35. The summed E-state index contributed by atoms with van der Waals surface area (Å²) in [6.07, 6.45) is 0. The minimum Gasteiger partial charge on any atom is -0.744 e. The van der Waals surface area contributed by atoms with Crippen LogP contribution < -0.4 is 14.2 Å². The third-order valence-corrected chi connectivity index (χ3v) is 8.07. The zero-order valence-electron chi connectivity index (χ0n) is 19.9. The molecule has 188 valence electrons. The first kappa shape index (κ1) is 27.1. The highest BCUT2D eigenvalue weighted by molar-refractivity contribution is 7.97. The Morgan fingerprint density at radius 1 is 0.583 bits per heavy atom. The van der Waals surface area contributed by atoms with Gasteiger partial charge in [-0.3, -0.25) is 0 Å². The summed E-state index contributed by atoms with van der Waals surface area (Å²) in [4.78, 5) is 3.28. The Bertz CT molecular complexity index is 1230. The normalized spacial score (nSPS) is 10.8. The molecule has 0 heterocycles. The van der Waals surface area contributed by atoms with Crippen LogP contribution in [0.4, 0.5) is 4.39 Å². The zero-order valence-corrected chi connectivity index (χ0v) is 21.5. The van der Waals surface area contributed by atoms with Gasteiger partial charge in [-0.1, -0.05) is 0 Å². The number of rotatable bonds is 7. The largest absolute Gasteiger partial charge is 0.744 e. The summed E-state index contributed by atoms with van der Waals surface area (Å²) in [6.45, 7) is 0. The van der Waals surface area contributed by atoms with Gasteiger partial charge in [0.15, 0.2) is 14.7 Å². The van der Waals surface area contributed by atoms with E-state index < -0.39 is 20.8 Å². The second-order valence-electron chi connectivity index (χ2n) is 7.24. The third kappa shape index (κ3) is 7.24. The number of hydrogen-bond acceptors (Lipinski definition) is 6. The molecule has 0 bridgehead atoms. The molecule has 0 saturated carbocycles. The van der Waals surface area contributed by atoms with Crippen LogP contribution in [0.1, 0.15) is 0 Å². The number of ether oxygens (including phenoxy) is 3. The standard InChI is InChI=1S/C21H21O3S.C6H5FO3S/c1-22-16-4-10-19(11-5-16)25(20-12-6-17(23-2)7-13-20)21-14-8-18(24-3)9-15-21;7-5-1-3-6(4-2-5)11(8,9)10/h4-15H,1-3H3;1-4H,(H,8,9,10)/q+1;/p-1. The quantitative estimate of drug-likeness (QED) is 0.231. The van der Waals surface area contributed by atoms with E-state index in [1.54, 1.807) is 21.3 Å². The van der Waals surface area contributed by atoms with Crippen LogP contribution in [0.2, 0.25) is 0 Å². The van der Waals surface area contributed by atoms with Crippen molar-refractivity contribution < 1.29 is 31.6 Å². The van der Waals surface area contributed by atoms with Crippen molar-refractivity contribution in [1.29, 1.82) is 0 Å². The fourth-order valence-electron chi connectivity index (χ4n) is 3.14. The monoisotopic (exact) mass is 528 g/mol. The Morgan fingerprint density at radius 3 is 1.14 bits per heavy atom. The van der Waals surface area contributed by atoms with Crippen LogP contribution in [0.3, 0.4) is 0 Å². The van der Waals surface area contributed by atoms with E-state index in [9.17, 15) is 17.4 Å². The highest BCUT2D eigenvalue weighted by Gasteiger charge is 2.28. The van der Waals surface area contributed by atoms with E-state index in [4.69, 9.17) is 14.2 Å². The summed E-state index contributed by atoms with van der Waals surface area (Å²) in [6, 6.07) is 28.4.